The summed E-state index contributed by atoms with van der Waals surface area (Å²) in [5.74, 6) is -0.514. The molecule has 1 fully saturated rings. The van der Waals surface area contributed by atoms with E-state index in [9.17, 15) is 19.7 Å². The summed E-state index contributed by atoms with van der Waals surface area (Å²) in [4.78, 5) is 37.7. The van der Waals surface area contributed by atoms with E-state index in [0.29, 0.717) is 19.6 Å². The molecule has 1 saturated heterocycles. The Labute approximate surface area is 192 Å². The Morgan fingerprint density at radius 1 is 1.13 bits per heavy atom. The Morgan fingerprint density at radius 2 is 1.87 bits per heavy atom. The highest BCUT2D eigenvalue weighted by Crippen LogP contribution is 2.40. The van der Waals surface area contributed by atoms with Gasteiger partial charge in [-0.05, 0) is 24.5 Å². The van der Waals surface area contributed by atoms with Crippen LogP contribution in [-0.4, -0.2) is 43.3 Å². The molecule has 4 rings (SSSR count). The average molecular weight is 486 g/mol. The number of nitro groups is 1. The zero-order chi connectivity index (χ0) is 22.3. The quantitative estimate of drug-likeness (QED) is 0.407. The SMILES string of the molecule is O=C(NC(N1C[C@@H]2C[C@@H](C1)c1cccc(=O)n1C2)C(Cl)(Cl)Cl)c1ccccc1[N+](=O)[O-]. The third-order valence-corrected chi connectivity index (χ3v) is 6.42. The van der Waals surface area contributed by atoms with Crippen molar-refractivity contribution in [3.8, 4) is 0 Å². The van der Waals surface area contributed by atoms with Gasteiger partial charge in [-0.15, -0.1) is 0 Å². The second-order valence-electron chi connectivity index (χ2n) is 7.84. The van der Waals surface area contributed by atoms with Gasteiger partial charge in [0, 0.05) is 43.4 Å². The maximum atomic E-state index is 12.9. The summed E-state index contributed by atoms with van der Waals surface area (Å²) in [5.41, 5.74) is 0.442. The van der Waals surface area contributed by atoms with Crippen molar-refractivity contribution in [2.24, 2.45) is 5.92 Å². The second kappa shape index (κ2) is 8.43. The summed E-state index contributed by atoms with van der Waals surface area (Å²) < 4.78 is -0.0896. The third kappa shape index (κ3) is 4.43. The number of halogens is 3. The van der Waals surface area contributed by atoms with E-state index in [4.69, 9.17) is 34.8 Å². The molecule has 8 nitrogen and oxygen atoms in total. The first-order chi connectivity index (χ1) is 14.6. The number of pyridine rings is 1. The van der Waals surface area contributed by atoms with Gasteiger partial charge in [-0.1, -0.05) is 53.0 Å². The number of aromatic nitrogens is 1. The molecule has 0 spiro atoms. The number of rotatable bonds is 4. The molecule has 2 aromatic rings. The van der Waals surface area contributed by atoms with Crippen LogP contribution in [0.3, 0.4) is 0 Å². The smallest absolute Gasteiger partial charge is 0.282 e. The lowest BCUT2D eigenvalue weighted by Crippen LogP contribution is -2.60. The van der Waals surface area contributed by atoms with Gasteiger partial charge in [0.05, 0.1) is 4.92 Å². The monoisotopic (exact) mass is 484 g/mol. The number of nitrogens with one attached hydrogen (secondary N) is 1. The van der Waals surface area contributed by atoms with Crippen molar-refractivity contribution in [3.63, 3.8) is 0 Å². The van der Waals surface area contributed by atoms with E-state index >= 15 is 0 Å². The van der Waals surface area contributed by atoms with Crippen LogP contribution in [0.1, 0.15) is 28.4 Å². The lowest BCUT2D eigenvalue weighted by molar-refractivity contribution is -0.385. The summed E-state index contributed by atoms with van der Waals surface area (Å²) in [6.45, 7) is 1.52. The zero-order valence-electron chi connectivity index (χ0n) is 16.2. The summed E-state index contributed by atoms with van der Waals surface area (Å²) in [7, 11) is 0. The van der Waals surface area contributed by atoms with Crippen LogP contribution in [0.5, 0.6) is 0 Å². The molecule has 0 aliphatic carbocycles. The Hall–Kier alpha value is -2.13. The first-order valence-corrected chi connectivity index (χ1v) is 10.8. The number of para-hydroxylation sites is 1. The third-order valence-electron chi connectivity index (χ3n) is 5.80. The van der Waals surface area contributed by atoms with Crippen molar-refractivity contribution in [2.75, 3.05) is 13.1 Å². The standard InChI is InChI=1S/C20H19Cl3N4O4/c21-20(22,23)19(24-18(29)14-4-1-2-5-16(14)27(30)31)25-9-12-8-13(11-25)15-6-3-7-17(28)26(15)10-12/h1-7,12-13,19H,8-11H2,(H,24,29)/t12-,13-,19?/m0/s1. The van der Waals surface area contributed by atoms with Gasteiger partial charge in [0.15, 0.2) is 0 Å². The van der Waals surface area contributed by atoms with Crippen LogP contribution in [0.4, 0.5) is 5.69 Å². The highest BCUT2D eigenvalue weighted by Gasteiger charge is 2.44. The molecule has 1 aromatic heterocycles. The largest absolute Gasteiger partial charge is 0.332 e. The van der Waals surface area contributed by atoms with E-state index in [0.717, 1.165) is 12.1 Å². The number of likely N-dealkylation sites (tertiary alicyclic amines) is 1. The first-order valence-electron chi connectivity index (χ1n) is 9.70. The number of hydrogen-bond acceptors (Lipinski definition) is 5. The number of fused-ring (bicyclic) bond motifs is 4. The highest BCUT2D eigenvalue weighted by molar-refractivity contribution is 6.68. The van der Waals surface area contributed by atoms with Gasteiger partial charge in [0.2, 0.25) is 3.79 Å². The van der Waals surface area contributed by atoms with Gasteiger partial charge in [0.25, 0.3) is 17.2 Å². The molecule has 1 unspecified atom stereocenters. The lowest BCUT2D eigenvalue weighted by atomic mass is 9.83. The fourth-order valence-electron chi connectivity index (χ4n) is 4.55. The van der Waals surface area contributed by atoms with E-state index in [2.05, 4.69) is 5.32 Å². The predicted octanol–water partition coefficient (Wildman–Crippen LogP) is 3.30. The van der Waals surface area contributed by atoms with Gasteiger partial charge >= 0.3 is 0 Å². The van der Waals surface area contributed by atoms with E-state index in [1.807, 2.05) is 11.0 Å². The molecule has 0 radical (unpaired) electrons. The number of carbonyl (C=O) groups excluding carboxylic acids is 1. The van der Waals surface area contributed by atoms with E-state index in [1.165, 1.54) is 24.3 Å². The lowest BCUT2D eigenvalue weighted by Gasteiger charge is -2.47. The van der Waals surface area contributed by atoms with Crippen molar-refractivity contribution in [3.05, 3.63) is 74.2 Å². The van der Waals surface area contributed by atoms with Crippen molar-refractivity contribution < 1.29 is 9.72 Å². The van der Waals surface area contributed by atoms with Crippen LogP contribution in [0.2, 0.25) is 0 Å². The topological polar surface area (TPSA) is 97.5 Å². The molecule has 2 bridgehead atoms. The number of carbonyl (C=O) groups is 1. The van der Waals surface area contributed by atoms with E-state index in [-0.39, 0.29) is 28.6 Å². The molecule has 2 aliphatic rings. The highest BCUT2D eigenvalue weighted by atomic mass is 35.6. The molecule has 1 aromatic carbocycles. The maximum Gasteiger partial charge on any atom is 0.282 e. The van der Waals surface area contributed by atoms with Gasteiger partial charge in [-0.2, -0.15) is 0 Å². The van der Waals surface area contributed by atoms with Crippen molar-refractivity contribution >= 4 is 46.4 Å². The molecule has 1 amide bonds. The molecule has 31 heavy (non-hydrogen) atoms. The number of nitrogens with zero attached hydrogens (tertiary/aromatic N) is 3. The average Bonchev–Trinajstić information content (AvgIpc) is 2.71. The van der Waals surface area contributed by atoms with Crippen LogP contribution >= 0.6 is 34.8 Å². The normalized spacial score (nSPS) is 21.8. The van der Waals surface area contributed by atoms with Crippen LogP contribution in [0.25, 0.3) is 0 Å². The molecular weight excluding hydrogens is 467 g/mol. The Kier molecular flexibility index (Phi) is 6.00. The number of alkyl halides is 3. The molecule has 3 atom stereocenters. The van der Waals surface area contributed by atoms with Crippen molar-refractivity contribution in [2.45, 2.75) is 28.8 Å². The molecule has 1 N–H and O–H groups in total. The van der Waals surface area contributed by atoms with Gasteiger partial charge < -0.3 is 9.88 Å². The summed E-state index contributed by atoms with van der Waals surface area (Å²) in [5, 5.41) is 14.0. The summed E-state index contributed by atoms with van der Waals surface area (Å²) in [6.07, 6.45) is -0.109. The van der Waals surface area contributed by atoms with Gasteiger partial charge in [-0.3, -0.25) is 24.6 Å². The number of amides is 1. The molecule has 11 heteroatoms. The fraction of sp³-hybridized carbons (Fsp3) is 0.400. The van der Waals surface area contributed by atoms with E-state index < -0.39 is 20.8 Å². The minimum Gasteiger partial charge on any atom is -0.332 e. The Bertz CT molecular complexity index is 1080. The minimum absolute atomic E-state index is 0.0386. The molecular formula is C20H19Cl3N4O4. The zero-order valence-corrected chi connectivity index (χ0v) is 18.5. The molecule has 3 heterocycles. The number of benzene rings is 1. The summed E-state index contributed by atoms with van der Waals surface area (Å²) in [6, 6.07) is 10.8. The van der Waals surface area contributed by atoms with Gasteiger partial charge in [-0.25, -0.2) is 0 Å². The number of hydrogen-bond donors (Lipinski definition) is 1. The summed E-state index contributed by atoms with van der Waals surface area (Å²) >= 11 is 18.7. The van der Waals surface area contributed by atoms with E-state index in [1.54, 1.807) is 16.7 Å². The molecule has 2 aliphatic heterocycles. The molecule has 164 valence electrons. The Morgan fingerprint density at radius 3 is 2.58 bits per heavy atom. The van der Waals surface area contributed by atoms with Crippen LogP contribution in [0, 0.1) is 16.0 Å². The van der Waals surface area contributed by atoms with Crippen LogP contribution < -0.4 is 10.9 Å². The number of nitro benzene ring substituents is 1. The Balaban J connectivity index is 1.61. The van der Waals surface area contributed by atoms with Crippen LogP contribution in [0.15, 0.2) is 47.3 Å². The van der Waals surface area contributed by atoms with Crippen molar-refractivity contribution in [1.29, 1.82) is 0 Å². The first kappa shape index (κ1) is 22.1. The van der Waals surface area contributed by atoms with Crippen LogP contribution in [-0.2, 0) is 6.54 Å². The fourth-order valence-corrected chi connectivity index (χ4v) is 5.13. The maximum absolute atomic E-state index is 12.9. The molecule has 0 saturated carbocycles. The predicted molar refractivity (Wildman–Crippen MR) is 118 cm³/mol. The number of piperidine rings is 1. The van der Waals surface area contributed by atoms with Crippen molar-refractivity contribution in [1.82, 2.24) is 14.8 Å². The second-order valence-corrected chi connectivity index (χ2v) is 10.2. The minimum atomic E-state index is -1.87. The van der Waals surface area contributed by atoms with Gasteiger partial charge in [0.1, 0.15) is 11.7 Å².